The molecular formula is C18H22O2S. The van der Waals surface area contributed by atoms with Crippen LogP contribution in [0, 0.1) is 0 Å². The van der Waals surface area contributed by atoms with Crippen LogP contribution < -0.4 is 0 Å². The molecule has 0 bridgehead atoms. The zero-order chi connectivity index (χ0) is 15.5. The third-order valence-electron chi connectivity index (χ3n) is 3.87. The summed E-state index contributed by atoms with van der Waals surface area (Å²) in [6, 6.07) is 16.0. The van der Waals surface area contributed by atoms with Crippen LogP contribution in [0.1, 0.15) is 42.9 Å². The van der Waals surface area contributed by atoms with Crippen molar-refractivity contribution >= 4 is 9.84 Å². The Bertz CT molecular complexity index is 703. The molecule has 0 aromatic heterocycles. The molecule has 112 valence electrons. The predicted octanol–water partition coefficient (Wildman–Crippen LogP) is 4.19. The Morgan fingerprint density at radius 1 is 1.00 bits per heavy atom. The van der Waals surface area contributed by atoms with E-state index in [4.69, 9.17) is 0 Å². The van der Waals surface area contributed by atoms with Crippen LogP contribution in [0.5, 0.6) is 0 Å². The summed E-state index contributed by atoms with van der Waals surface area (Å²) in [6.45, 7) is 4.16. The number of rotatable bonds is 5. The van der Waals surface area contributed by atoms with Crippen molar-refractivity contribution in [2.24, 2.45) is 0 Å². The van der Waals surface area contributed by atoms with E-state index in [9.17, 15) is 8.42 Å². The largest absolute Gasteiger partial charge is 0.224 e. The zero-order valence-electron chi connectivity index (χ0n) is 12.8. The summed E-state index contributed by atoms with van der Waals surface area (Å²) in [7, 11) is -3.18. The molecule has 0 aliphatic carbocycles. The van der Waals surface area contributed by atoms with Gasteiger partial charge in [0.05, 0.1) is 4.90 Å². The summed E-state index contributed by atoms with van der Waals surface area (Å²) in [4.78, 5) is 0.466. The monoisotopic (exact) mass is 302 g/mol. The second-order valence-corrected chi connectivity index (χ2v) is 7.60. The SMILES string of the molecule is CCC(C)c1cc(Cc2ccccc2)ccc1S(C)(=O)=O. The average molecular weight is 302 g/mol. The van der Waals surface area contributed by atoms with Gasteiger partial charge >= 0.3 is 0 Å². The van der Waals surface area contributed by atoms with Crippen molar-refractivity contribution in [1.82, 2.24) is 0 Å². The van der Waals surface area contributed by atoms with Gasteiger partial charge < -0.3 is 0 Å². The van der Waals surface area contributed by atoms with Gasteiger partial charge in [-0.05, 0) is 41.5 Å². The molecule has 2 rings (SSSR count). The first-order valence-electron chi connectivity index (χ1n) is 7.28. The zero-order valence-corrected chi connectivity index (χ0v) is 13.7. The van der Waals surface area contributed by atoms with Crippen molar-refractivity contribution in [3.8, 4) is 0 Å². The van der Waals surface area contributed by atoms with Crippen LogP contribution in [0.25, 0.3) is 0 Å². The van der Waals surface area contributed by atoms with Gasteiger partial charge in [0.1, 0.15) is 0 Å². The lowest BCUT2D eigenvalue weighted by Crippen LogP contribution is -2.06. The molecule has 1 atom stereocenters. The summed E-state index contributed by atoms with van der Waals surface area (Å²) in [5.41, 5.74) is 3.33. The van der Waals surface area contributed by atoms with Crippen molar-refractivity contribution in [1.29, 1.82) is 0 Å². The molecule has 0 heterocycles. The molecule has 0 aliphatic heterocycles. The van der Waals surface area contributed by atoms with Crippen molar-refractivity contribution in [2.45, 2.75) is 37.5 Å². The molecule has 0 aliphatic rings. The summed E-state index contributed by atoms with van der Waals surface area (Å²) >= 11 is 0. The second kappa shape index (κ2) is 6.44. The summed E-state index contributed by atoms with van der Waals surface area (Å²) < 4.78 is 23.9. The summed E-state index contributed by atoms with van der Waals surface area (Å²) in [5.74, 6) is 0.241. The molecule has 0 saturated heterocycles. The van der Waals surface area contributed by atoms with Crippen molar-refractivity contribution in [3.63, 3.8) is 0 Å². The maximum Gasteiger partial charge on any atom is 0.175 e. The van der Waals surface area contributed by atoms with E-state index in [2.05, 4.69) is 32.0 Å². The van der Waals surface area contributed by atoms with Gasteiger partial charge in [-0.2, -0.15) is 0 Å². The Morgan fingerprint density at radius 2 is 1.67 bits per heavy atom. The van der Waals surface area contributed by atoms with Gasteiger partial charge in [0, 0.05) is 6.26 Å². The number of hydrogen-bond acceptors (Lipinski definition) is 2. The quantitative estimate of drug-likeness (QED) is 0.829. The van der Waals surface area contributed by atoms with Crippen LogP contribution >= 0.6 is 0 Å². The molecule has 21 heavy (non-hydrogen) atoms. The fraction of sp³-hybridized carbons (Fsp3) is 0.333. The van der Waals surface area contributed by atoms with Gasteiger partial charge in [-0.1, -0.05) is 56.3 Å². The molecule has 2 aromatic rings. The van der Waals surface area contributed by atoms with E-state index in [0.29, 0.717) is 4.90 Å². The van der Waals surface area contributed by atoms with Crippen LogP contribution in [0.4, 0.5) is 0 Å². The Kier molecular flexibility index (Phi) is 4.84. The van der Waals surface area contributed by atoms with Gasteiger partial charge in [0.2, 0.25) is 0 Å². The normalized spacial score (nSPS) is 13.1. The molecule has 2 nitrogen and oxygen atoms in total. The van der Waals surface area contributed by atoms with Gasteiger partial charge in [-0.25, -0.2) is 8.42 Å². The van der Waals surface area contributed by atoms with Gasteiger partial charge in [-0.3, -0.25) is 0 Å². The van der Waals surface area contributed by atoms with E-state index in [1.165, 1.54) is 11.8 Å². The molecule has 0 spiro atoms. The third-order valence-corrected chi connectivity index (χ3v) is 5.04. The third kappa shape index (κ3) is 3.94. The lowest BCUT2D eigenvalue weighted by molar-refractivity contribution is 0.598. The predicted molar refractivity (Wildman–Crippen MR) is 87.5 cm³/mol. The molecule has 0 saturated carbocycles. The number of hydrogen-bond donors (Lipinski definition) is 0. The molecule has 0 fully saturated rings. The Hall–Kier alpha value is -1.61. The van der Waals surface area contributed by atoms with E-state index >= 15 is 0 Å². The van der Waals surface area contributed by atoms with Crippen LogP contribution in [-0.4, -0.2) is 14.7 Å². The minimum absolute atomic E-state index is 0.241. The molecule has 3 heteroatoms. The van der Waals surface area contributed by atoms with Gasteiger partial charge in [0.25, 0.3) is 0 Å². The van der Waals surface area contributed by atoms with E-state index < -0.39 is 9.84 Å². The number of benzene rings is 2. The standard InChI is InChI=1S/C18H22O2S/c1-4-14(2)17-13-16(10-11-18(17)21(3,19)20)12-15-8-6-5-7-9-15/h5-11,13-14H,4,12H2,1-3H3. The first-order valence-corrected chi connectivity index (χ1v) is 9.17. The molecule has 0 amide bonds. The van der Waals surface area contributed by atoms with E-state index in [0.717, 1.165) is 24.0 Å². The summed E-state index contributed by atoms with van der Waals surface area (Å²) in [5, 5.41) is 0. The van der Waals surface area contributed by atoms with Crippen molar-refractivity contribution < 1.29 is 8.42 Å². The minimum atomic E-state index is -3.18. The van der Waals surface area contributed by atoms with Crippen LogP contribution in [0.15, 0.2) is 53.4 Å². The van der Waals surface area contributed by atoms with Gasteiger partial charge in [0.15, 0.2) is 9.84 Å². The van der Waals surface area contributed by atoms with Crippen LogP contribution in [0.3, 0.4) is 0 Å². The van der Waals surface area contributed by atoms with Crippen LogP contribution in [-0.2, 0) is 16.3 Å². The topological polar surface area (TPSA) is 34.1 Å². The van der Waals surface area contributed by atoms with Crippen molar-refractivity contribution in [2.75, 3.05) is 6.26 Å². The first kappa shape index (κ1) is 15.8. The first-order chi connectivity index (χ1) is 9.91. The molecule has 0 radical (unpaired) electrons. The smallest absolute Gasteiger partial charge is 0.175 e. The highest BCUT2D eigenvalue weighted by atomic mass is 32.2. The molecule has 2 aromatic carbocycles. The Morgan fingerprint density at radius 3 is 2.24 bits per heavy atom. The second-order valence-electron chi connectivity index (χ2n) is 5.62. The Balaban J connectivity index is 2.42. The fourth-order valence-corrected chi connectivity index (χ4v) is 3.49. The average Bonchev–Trinajstić information content (AvgIpc) is 2.46. The maximum atomic E-state index is 11.9. The highest BCUT2D eigenvalue weighted by Crippen LogP contribution is 2.28. The molecule has 0 N–H and O–H groups in total. The minimum Gasteiger partial charge on any atom is -0.224 e. The van der Waals surface area contributed by atoms with E-state index in [1.807, 2.05) is 24.3 Å². The fourth-order valence-electron chi connectivity index (χ4n) is 2.48. The van der Waals surface area contributed by atoms with Crippen LogP contribution in [0.2, 0.25) is 0 Å². The lowest BCUT2D eigenvalue weighted by Gasteiger charge is -2.15. The van der Waals surface area contributed by atoms with E-state index in [1.54, 1.807) is 6.07 Å². The highest BCUT2D eigenvalue weighted by molar-refractivity contribution is 7.90. The lowest BCUT2D eigenvalue weighted by atomic mass is 9.95. The van der Waals surface area contributed by atoms with Crippen molar-refractivity contribution in [3.05, 3.63) is 65.2 Å². The van der Waals surface area contributed by atoms with E-state index in [-0.39, 0.29) is 5.92 Å². The molecular weight excluding hydrogens is 280 g/mol. The highest BCUT2D eigenvalue weighted by Gasteiger charge is 2.17. The maximum absolute atomic E-state index is 11.9. The summed E-state index contributed by atoms with van der Waals surface area (Å²) in [6.07, 6.45) is 3.04. The van der Waals surface area contributed by atoms with Gasteiger partial charge in [-0.15, -0.1) is 0 Å². The Labute approximate surface area is 127 Å². The molecule has 1 unspecified atom stereocenters. The number of sulfone groups is 1.